The molecule has 2 rings (SSSR count). The van der Waals surface area contributed by atoms with Crippen LogP contribution in [0.4, 0.5) is 5.69 Å². The van der Waals surface area contributed by atoms with Crippen LogP contribution in [0, 0.1) is 0 Å². The van der Waals surface area contributed by atoms with Crippen molar-refractivity contribution in [2.45, 2.75) is 12.8 Å². The molecule has 0 unspecified atom stereocenters. The van der Waals surface area contributed by atoms with Crippen molar-refractivity contribution in [3.63, 3.8) is 0 Å². The topological polar surface area (TPSA) is 55.4 Å². The molecule has 2 aromatic carbocycles. The Balaban J connectivity index is 1.89. The molecule has 0 radical (unpaired) electrons. The molecule has 0 bridgehead atoms. The number of anilines is 1. The van der Waals surface area contributed by atoms with Gasteiger partial charge in [-0.3, -0.25) is 4.72 Å². The lowest BCUT2D eigenvalue weighted by Crippen LogP contribution is -2.17. The molecule has 4 nitrogen and oxygen atoms in total. The number of aryl methyl sites for hydroxylation is 1. The first kappa shape index (κ1) is 15.4. The number of nitrogens with one attached hydrogen (secondary N) is 1. The maximum Gasteiger partial charge on any atom is 0.232 e. The molecule has 1 N–H and O–H groups in total. The Labute approximate surface area is 125 Å². The van der Waals surface area contributed by atoms with Crippen molar-refractivity contribution in [1.82, 2.24) is 0 Å². The van der Waals surface area contributed by atoms with Gasteiger partial charge >= 0.3 is 0 Å². The molecule has 0 aliphatic carbocycles. The van der Waals surface area contributed by atoms with E-state index in [-0.39, 0.29) is 5.75 Å². The van der Waals surface area contributed by atoms with E-state index in [0.717, 1.165) is 12.0 Å². The highest BCUT2D eigenvalue weighted by Crippen LogP contribution is 2.18. The third-order valence-electron chi connectivity index (χ3n) is 3.06. The molecule has 0 spiro atoms. The van der Waals surface area contributed by atoms with Gasteiger partial charge in [-0.2, -0.15) is 0 Å². The molecule has 0 heterocycles. The number of rotatable bonds is 7. The third-order valence-corrected chi connectivity index (χ3v) is 4.44. The molecule has 0 amide bonds. The maximum atomic E-state index is 12.0. The highest BCUT2D eigenvalue weighted by Gasteiger charge is 2.10. The summed E-state index contributed by atoms with van der Waals surface area (Å²) in [5.74, 6) is 0.721. The van der Waals surface area contributed by atoms with E-state index in [2.05, 4.69) is 4.72 Å². The highest BCUT2D eigenvalue weighted by atomic mass is 32.2. The number of ether oxygens (including phenoxy) is 1. The van der Waals surface area contributed by atoms with E-state index in [1.165, 1.54) is 0 Å². The molecular formula is C16H19NO3S. The molecule has 0 saturated carbocycles. The van der Waals surface area contributed by atoms with Crippen LogP contribution in [0.15, 0.2) is 54.6 Å². The zero-order valence-corrected chi connectivity index (χ0v) is 12.8. The average molecular weight is 305 g/mol. The van der Waals surface area contributed by atoms with E-state index in [4.69, 9.17) is 4.74 Å². The summed E-state index contributed by atoms with van der Waals surface area (Å²) in [6, 6.07) is 16.8. The van der Waals surface area contributed by atoms with Crippen LogP contribution in [0.1, 0.15) is 12.0 Å². The quantitative estimate of drug-likeness (QED) is 0.855. The lowest BCUT2D eigenvalue weighted by molar-refractivity contribution is 0.415. The number of methoxy groups -OCH3 is 1. The minimum Gasteiger partial charge on any atom is -0.497 e. The maximum absolute atomic E-state index is 12.0. The minimum absolute atomic E-state index is 0.0963. The van der Waals surface area contributed by atoms with Crippen LogP contribution < -0.4 is 9.46 Å². The summed E-state index contributed by atoms with van der Waals surface area (Å²) in [6.45, 7) is 0. The van der Waals surface area contributed by atoms with Crippen LogP contribution in [-0.4, -0.2) is 21.3 Å². The highest BCUT2D eigenvalue weighted by molar-refractivity contribution is 7.92. The number of hydrogen-bond acceptors (Lipinski definition) is 3. The Morgan fingerprint density at radius 2 is 1.81 bits per heavy atom. The summed E-state index contributed by atoms with van der Waals surface area (Å²) < 4.78 is 31.7. The average Bonchev–Trinajstić information content (AvgIpc) is 2.48. The lowest BCUT2D eigenvalue weighted by atomic mass is 10.1. The fourth-order valence-corrected chi connectivity index (χ4v) is 3.14. The standard InChI is InChI=1S/C16H19NO3S/c1-20-16-11-5-10-15(13-16)17-21(18,19)12-6-9-14-7-3-2-4-8-14/h2-5,7-8,10-11,13,17H,6,9,12H2,1H3. The molecule has 5 heteroatoms. The Kier molecular flexibility index (Phi) is 5.22. The van der Waals surface area contributed by atoms with Gasteiger partial charge in [-0.25, -0.2) is 8.42 Å². The van der Waals surface area contributed by atoms with Crippen molar-refractivity contribution in [1.29, 1.82) is 0 Å². The Morgan fingerprint density at radius 1 is 1.05 bits per heavy atom. The fraction of sp³-hybridized carbons (Fsp3) is 0.250. The van der Waals surface area contributed by atoms with Crippen LogP contribution in [0.25, 0.3) is 0 Å². The van der Waals surface area contributed by atoms with Gasteiger partial charge in [0.05, 0.1) is 18.6 Å². The number of sulfonamides is 1. The van der Waals surface area contributed by atoms with Gasteiger partial charge in [0.2, 0.25) is 10.0 Å². The van der Waals surface area contributed by atoms with Gasteiger partial charge < -0.3 is 4.74 Å². The SMILES string of the molecule is COc1cccc(NS(=O)(=O)CCCc2ccccc2)c1. The first-order valence-electron chi connectivity index (χ1n) is 6.77. The van der Waals surface area contributed by atoms with Gasteiger partial charge in [0.15, 0.2) is 0 Å². The number of benzene rings is 2. The molecular weight excluding hydrogens is 286 g/mol. The van der Waals surface area contributed by atoms with Crippen LogP contribution in [0.2, 0.25) is 0 Å². The zero-order chi connectivity index (χ0) is 15.1. The fourth-order valence-electron chi connectivity index (χ4n) is 2.03. The molecule has 2 aromatic rings. The lowest BCUT2D eigenvalue weighted by Gasteiger charge is -2.09. The molecule has 112 valence electrons. The van der Waals surface area contributed by atoms with E-state index in [9.17, 15) is 8.42 Å². The molecule has 0 aliphatic rings. The normalized spacial score (nSPS) is 11.1. The van der Waals surface area contributed by atoms with Gasteiger partial charge in [-0.1, -0.05) is 36.4 Å². The summed E-state index contributed by atoms with van der Waals surface area (Å²) in [6.07, 6.45) is 1.34. The second-order valence-electron chi connectivity index (χ2n) is 4.74. The third kappa shape index (κ3) is 5.11. The van der Waals surface area contributed by atoms with Gasteiger partial charge in [0.1, 0.15) is 5.75 Å². The van der Waals surface area contributed by atoms with Crippen LogP contribution in [-0.2, 0) is 16.4 Å². The largest absolute Gasteiger partial charge is 0.497 e. The van der Waals surface area contributed by atoms with Gasteiger partial charge in [-0.15, -0.1) is 0 Å². The van der Waals surface area contributed by atoms with Gasteiger partial charge in [0.25, 0.3) is 0 Å². The summed E-state index contributed by atoms with van der Waals surface area (Å²) in [7, 11) is -1.79. The first-order chi connectivity index (χ1) is 10.1. The molecule has 21 heavy (non-hydrogen) atoms. The van der Waals surface area contributed by atoms with E-state index >= 15 is 0 Å². The molecule has 0 aromatic heterocycles. The predicted octanol–water partition coefficient (Wildman–Crippen LogP) is 3.07. The smallest absolute Gasteiger partial charge is 0.232 e. The van der Waals surface area contributed by atoms with Crippen molar-refractivity contribution in [3.8, 4) is 5.75 Å². The second kappa shape index (κ2) is 7.13. The number of hydrogen-bond donors (Lipinski definition) is 1. The van der Waals surface area contributed by atoms with Crippen LogP contribution >= 0.6 is 0 Å². The molecule has 0 atom stereocenters. The monoisotopic (exact) mass is 305 g/mol. The second-order valence-corrected chi connectivity index (χ2v) is 6.58. The summed E-state index contributed by atoms with van der Waals surface area (Å²) in [4.78, 5) is 0. The Hall–Kier alpha value is -2.01. The predicted molar refractivity (Wildman–Crippen MR) is 85.2 cm³/mol. The zero-order valence-electron chi connectivity index (χ0n) is 12.0. The first-order valence-corrected chi connectivity index (χ1v) is 8.43. The van der Waals surface area contributed by atoms with Gasteiger partial charge in [-0.05, 0) is 30.5 Å². The van der Waals surface area contributed by atoms with Crippen molar-refractivity contribution < 1.29 is 13.2 Å². The molecule has 0 fully saturated rings. The van der Waals surface area contributed by atoms with Crippen LogP contribution in [0.5, 0.6) is 5.75 Å². The van der Waals surface area contributed by atoms with Gasteiger partial charge in [0, 0.05) is 6.07 Å². The van der Waals surface area contributed by atoms with Crippen molar-refractivity contribution >= 4 is 15.7 Å². The van der Waals surface area contributed by atoms with E-state index in [0.29, 0.717) is 17.9 Å². The Bertz CT molecular complexity index is 669. The summed E-state index contributed by atoms with van der Waals surface area (Å²) in [5, 5.41) is 0. The summed E-state index contributed by atoms with van der Waals surface area (Å²) in [5.41, 5.74) is 1.67. The van der Waals surface area contributed by atoms with Crippen LogP contribution in [0.3, 0.4) is 0 Å². The van der Waals surface area contributed by atoms with E-state index < -0.39 is 10.0 Å². The molecule has 0 saturated heterocycles. The molecule has 0 aliphatic heterocycles. The van der Waals surface area contributed by atoms with Crippen molar-refractivity contribution in [2.24, 2.45) is 0 Å². The summed E-state index contributed by atoms with van der Waals surface area (Å²) >= 11 is 0. The Morgan fingerprint density at radius 3 is 2.52 bits per heavy atom. The van der Waals surface area contributed by atoms with Crippen molar-refractivity contribution in [2.75, 3.05) is 17.6 Å². The minimum atomic E-state index is -3.34. The van der Waals surface area contributed by atoms with E-state index in [1.54, 1.807) is 31.4 Å². The van der Waals surface area contributed by atoms with Crippen molar-refractivity contribution in [3.05, 3.63) is 60.2 Å². The van der Waals surface area contributed by atoms with E-state index in [1.807, 2.05) is 30.3 Å².